The number of aromatic nitrogens is 1. The third-order valence-electron chi connectivity index (χ3n) is 2.75. The summed E-state index contributed by atoms with van der Waals surface area (Å²) in [6.45, 7) is 8.05. The minimum atomic E-state index is 0.659. The lowest BCUT2D eigenvalue weighted by Crippen LogP contribution is -2.20. The molecule has 0 aliphatic heterocycles. The van der Waals surface area contributed by atoms with Crippen molar-refractivity contribution in [2.24, 2.45) is 5.92 Å². The summed E-state index contributed by atoms with van der Waals surface area (Å²) in [5.41, 5.74) is 1.18. The van der Waals surface area contributed by atoms with Gasteiger partial charge in [-0.1, -0.05) is 13.8 Å². The van der Waals surface area contributed by atoms with Gasteiger partial charge in [0.2, 0.25) is 0 Å². The van der Waals surface area contributed by atoms with Crippen molar-refractivity contribution in [3.05, 3.63) is 24.0 Å². The first-order valence-electron chi connectivity index (χ1n) is 7.00. The molecule has 0 atom stereocenters. The van der Waals surface area contributed by atoms with E-state index in [9.17, 15) is 0 Å². The molecule has 4 nitrogen and oxygen atoms in total. The highest BCUT2D eigenvalue weighted by molar-refractivity contribution is 5.29. The SMILES string of the molecule is CC(C)CNCc1ccncc1OCCCN(C)C. The third kappa shape index (κ3) is 7.13. The van der Waals surface area contributed by atoms with E-state index >= 15 is 0 Å². The molecule has 19 heavy (non-hydrogen) atoms. The zero-order valence-corrected chi connectivity index (χ0v) is 12.6. The molecule has 4 heteroatoms. The summed E-state index contributed by atoms with van der Waals surface area (Å²) in [6.07, 6.45) is 4.65. The first kappa shape index (κ1) is 15.9. The van der Waals surface area contributed by atoms with Crippen LogP contribution in [0.1, 0.15) is 25.8 Å². The van der Waals surface area contributed by atoms with E-state index in [0.717, 1.165) is 38.4 Å². The second-order valence-electron chi connectivity index (χ2n) is 5.51. The molecule has 108 valence electrons. The second kappa shape index (κ2) is 8.88. The molecule has 0 saturated carbocycles. The Morgan fingerprint density at radius 3 is 2.84 bits per heavy atom. The van der Waals surface area contributed by atoms with Crippen LogP contribution in [0.4, 0.5) is 0 Å². The van der Waals surface area contributed by atoms with Crippen molar-refractivity contribution in [1.29, 1.82) is 0 Å². The minimum absolute atomic E-state index is 0.659. The fourth-order valence-corrected chi connectivity index (χ4v) is 1.74. The van der Waals surface area contributed by atoms with Crippen LogP contribution in [0.25, 0.3) is 0 Å². The van der Waals surface area contributed by atoms with E-state index in [0.29, 0.717) is 5.92 Å². The Morgan fingerprint density at radius 1 is 1.37 bits per heavy atom. The highest BCUT2D eigenvalue weighted by Gasteiger charge is 2.04. The van der Waals surface area contributed by atoms with Gasteiger partial charge in [0.25, 0.3) is 0 Å². The molecule has 1 aromatic heterocycles. The van der Waals surface area contributed by atoms with Gasteiger partial charge in [-0.15, -0.1) is 0 Å². The molecule has 0 spiro atoms. The van der Waals surface area contributed by atoms with Gasteiger partial charge in [-0.3, -0.25) is 4.98 Å². The molecule has 1 aromatic rings. The summed E-state index contributed by atoms with van der Waals surface area (Å²) in [7, 11) is 4.15. The standard InChI is InChI=1S/C15H27N3O/c1-13(2)10-17-11-14-6-7-16-12-15(14)19-9-5-8-18(3)4/h6-7,12-13,17H,5,8-11H2,1-4H3. The zero-order chi connectivity index (χ0) is 14.1. The molecule has 0 bridgehead atoms. The van der Waals surface area contributed by atoms with Crippen LogP contribution in [0.5, 0.6) is 5.75 Å². The Balaban J connectivity index is 2.39. The average Bonchev–Trinajstić information content (AvgIpc) is 2.35. The van der Waals surface area contributed by atoms with Gasteiger partial charge in [0.15, 0.2) is 0 Å². The Kier molecular flexibility index (Phi) is 7.45. The van der Waals surface area contributed by atoms with Crippen LogP contribution in [0.2, 0.25) is 0 Å². The van der Waals surface area contributed by atoms with Crippen molar-refractivity contribution in [1.82, 2.24) is 15.2 Å². The molecule has 1 rings (SSSR count). The lowest BCUT2D eigenvalue weighted by atomic mass is 10.2. The molecule has 0 saturated heterocycles. The van der Waals surface area contributed by atoms with Crippen LogP contribution in [-0.4, -0.2) is 43.7 Å². The van der Waals surface area contributed by atoms with Crippen molar-refractivity contribution < 1.29 is 4.74 Å². The monoisotopic (exact) mass is 265 g/mol. The van der Waals surface area contributed by atoms with E-state index in [-0.39, 0.29) is 0 Å². The Morgan fingerprint density at radius 2 is 2.16 bits per heavy atom. The van der Waals surface area contributed by atoms with Crippen LogP contribution in [0, 0.1) is 5.92 Å². The second-order valence-corrected chi connectivity index (χ2v) is 5.51. The van der Waals surface area contributed by atoms with Crippen molar-refractivity contribution in [2.75, 3.05) is 33.8 Å². The normalized spacial score (nSPS) is 11.3. The van der Waals surface area contributed by atoms with Gasteiger partial charge in [0, 0.05) is 24.8 Å². The Hall–Kier alpha value is -1.13. The summed E-state index contributed by atoms with van der Waals surface area (Å²) in [5.74, 6) is 1.56. The van der Waals surface area contributed by atoms with Gasteiger partial charge in [0.05, 0.1) is 12.8 Å². The lowest BCUT2D eigenvalue weighted by Gasteiger charge is -2.14. The highest BCUT2D eigenvalue weighted by Crippen LogP contribution is 2.16. The van der Waals surface area contributed by atoms with E-state index in [1.807, 2.05) is 18.5 Å². The number of hydrogen-bond donors (Lipinski definition) is 1. The number of pyridine rings is 1. The Bertz CT molecular complexity index is 353. The predicted molar refractivity (Wildman–Crippen MR) is 79.4 cm³/mol. The van der Waals surface area contributed by atoms with Crippen molar-refractivity contribution in [2.45, 2.75) is 26.8 Å². The molecule has 0 amide bonds. The fourth-order valence-electron chi connectivity index (χ4n) is 1.74. The minimum Gasteiger partial charge on any atom is -0.492 e. The topological polar surface area (TPSA) is 37.4 Å². The van der Waals surface area contributed by atoms with Gasteiger partial charge in [0.1, 0.15) is 5.75 Å². The molecule has 1 heterocycles. The van der Waals surface area contributed by atoms with Gasteiger partial charge in [-0.25, -0.2) is 0 Å². The van der Waals surface area contributed by atoms with Crippen molar-refractivity contribution in [3.8, 4) is 5.75 Å². The largest absolute Gasteiger partial charge is 0.492 e. The number of nitrogens with one attached hydrogen (secondary N) is 1. The maximum absolute atomic E-state index is 5.82. The predicted octanol–water partition coefficient (Wildman–Crippen LogP) is 2.16. The summed E-state index contributed by atoms with van der Waals surface area (Å²) in [5, 5.41) is 3.43. The maximum atomic E-state index is 5.82. The van der Waals surface area contributed by atoms with Crippen LogP contribution in [0.15, 0.2) is 18.5 Å². The summed E-state index contributed by atoms with van der Waals surface area (Å²) < 4.78 is 5.82. The molecule has 0 unspecified atom stereocenters. The smallest absolute Gasteiger partial charge is 0.142 e. The quantitative estimate of drug-likeness (QED) is 0.694. The van der Waals surface area contributed by atoms with Gasteiger partial charge in [-0.05, 0) is 39.0 Å². The van der Waals surface area contributed by atoms with Crippen molar-refractivity contribution in [3.63, 3.8) is 0 Å². The van der Waals surface area contributed by atoms with E-state index in [2.05, 4.69) is 43.1 Å². The summed E-state index contributed by atoms with van der Waals surface area (Å²) in [4.78, 5) is 6.30. The molecular weight excluding hydrogens is 238 g/mol. The van der Waals surface area contributed by atoms with Crippen molar-refractivity contribution >= 4 is 0 Å². The zero-order valence-electron chi connectivity index (χ0n) is 12.6. The number of nitrogens with zero attached hydrogens (tertiary/aromatic N) is 2. The van der Waals surface area contributed by atoms with Gasteiger partial charge < -0.3 is 15.0 Å². The molecule has 0 fully saturated rings. The third-order valence-corrected chi connectivity index (χ3v) is 2.75. The average molecular weight is 265 g/mol. The highest BCUT2D eigenvalue weighted by atomic mass is 16.5. The number of ether oxygens (including phenoxy) is 1. The summed E-state index contributed by atoms with van der Waals surface area (Å²) >= 11 is 0. The molecule has 0 aliphatic carbocycles. The first-order chi connectivity index (χ1) is 9.09. The molecule has 1 N–H and O–H groups in total. The van der Waals surface area contributed by atoms with Crippen LogP contribution < -0.4 is 10.1 Å². The van der Waals surface area contributed by atoms with Crippen LogP contribution in [-0.2, 0) is 6.54 Å². The maximum Gasteiger partial charge on any atom is 0.142 e. The summed E-state index contributed by atoms with van der Waals surface area (Å²) in [6, 6.07) is 2.02. The molecule has 0 aliphatic rings. The Labute approximate surface area is 117 Å². The van der Waals surface area contributed by atoms with E-state index < -0.39 is 0 Å². The van der Waals surface area contributed by atoms with E-state index in [4.69, 9.17) is 4.74 Å². The molecular formula is C15H27N3O. The fraction of sp³-hybridized carbons (Fsp3) is 0.667. The number of rotatable bonds is 9. The molecule has 0 aromatic carbocycles. The van der Waals surface area contributed by atoms with E-state index in [1.165, 1.54) is 5.56 Å². The van der Waals surface area contributed by atoms with Gasteiger partial charge in [-0.2, -0.15) is 0 Å². The lowest BCUT2D eigenvalue weighted by molar-refractivity contribution is 0.278. The van der Waals surface area contributed by atoms with Crippen LogP contribution >= 0.6 is 0 Å². The molecule has 0 radical (unpaired) electrons. The van der Waals surface area contributed by atoms with Gasteiger partial charge >= 0.3 is 0 Å². The van der Waals surface area contributed by atoms with Crippen LogP contribution in [0.3, 0.4) is 0 Å². The number of hydrogen-bond acceptors (Lipinski definition) is 4. The first-order valence-corrected chi connectivity index (χ1v) is 7.00. The van der Waals surface area contributed by atoms with E-state index in [1.54, 1.807) is 0 Å².